The molecule has 3 rings (SSSR count). The normalized spacial score (nSPS) is 11.8. The first-order chi connectivity index (χ1) is 13.4. The number of primary amides is 1. The van der Waals surface area contributed by atoms with E-state index in [1.54, 1.807) is 31.2 Å². The fraction of sp³-hybridized carbons (Fsp3) is 0.200. The number of benzene rings is 2. The Bertz CT molecular complexity index is 1010. The maximum atomic E-state index is 12.5. The lowest BCUT2D eigenvalue weighted by molar-refractivity contribution is -0.115. The average molecular weight is 395 g/mol. The van der Waals surface area contributed by atoms with E-state index in [-0.39, 0.29) is 11.2 Å². The molecule has 8 heteroatoms. The third-order valence-corrected chi connectivity index (χ3v) is 5.44. The van der Waals surface area contributed by atoms with E-state index in [0.717, 1.165) is 17.0 Å². The van der Waals surface area contributed by atoms with Gasteiger partial charge in [-0.25, -0.2) is 0 Å². The third-order valence-electron chi connectivity index (χ3n) is 4.31. The molecule has 0 saturated carbocycles. The van der Waals surface area contributed by atoms with Crippen molar-refractivity contribution in [3.63, 3.8) is 0 Å². The summed E-state index contributed by atoms with van der Waals surface area (Å²) in [4.78, 5) is 23.6. The number of hydrogen-bond acceptors (Lipinski definition) is 5. The number of carbonyl (C=O) groups excluding carboxylic acids is 2. The number of amides is 2. The lowest BCUT2D eigenvalue weighted by Gasteiger charge is -2.12. The number of nitrogens with one attached hydrogen (secondary N) is 1. The molecule has 3 N–H and O–H groups in total. The highest BCUT2D eigenvalue weighted by atomic mass is 32.2. The van der Waals surface area contributed by atoms with Crippen molar-refractivity contribution in [2.24, 2.45) is 12.8 Å². The SMILES string of the molecule is Cc1ccccc1-c1nnc(S[C@@H](C)C(=O)Nc2ccc(C(N)=O)cc2)n1C. The van der Waals surface area contributed by atoms with Crippen LogP contribution in [0.4, 0.5) is 5.69 Å². The van der Waals surface area contributed by atoms with Crippen LogP contribution in [0.5, 0.6) is 0 Å². The molecule has 0 aliphatic carbocycles. The van der Waals surface area contributed by atoms with Crippen molar-refractivity contribution in [1.29, 1.82) is 0 Å². The van der Waals surface area contributed by atoms with Crippen LogP contribution in [0.1, 0.15) is 22.8 Å². The number of hydrogen-bond donors (Lipinski definition) is 2. The van der Waals surface area contributed by atoms with Gasteiger partial charge < -0.3 is 15.6 Å². The summed E-state index contributed by atoms with van der Waals surface area (Å²) in [5.74, 6) is 0.0843. The summed E-state index contributed by atoms with van der Waals surface area (Å²) in [5, 5.41) is 11.6. The van der Waals surface area contributed by atoms with Gasteiger partial charge in [0.25, 0.3) is 0 Å². The predicted molar refractivity (Wildman–Crippen MR) is 110 cm³/mol. The van der Waals surface area contributed by atoms with Crippen molar-refractivity contribution in [3.8, 4) is 11.4 Å². The number of nitrogens with zero attached hydrogens (tertiary/aromatic N) is 3. The van der Waals surface area contributed by atoms with Crippen LogP contribution in [0.3, 0.4) is 0 Å². The van der Waals surface area contributed by atoms with Gasteiger partial charge in [-0.1, -0.05) is 36.0 Å². The number of rotatable bonds is 6. The van der Waals surface area contributed by atoms with Gasteiger partial charge in [0, 0.05) is 23.9 Å². The quantitative estimate of drug-likeness (QED) is 0.625. The van der Waals surface area contributed by atoms with Gasteiger partial charge in [0.15, 0.2) is 11.0 Å². The smallest absolute Gasteiger partial charge is 0.248 e. The Morgan fingerprint density at radius 2 is 1.79 bits per heavy atom. The monoisotopic (exact) mass is 395 g/mol. The second-order valence-corrected chi connectivity index (χ2v) is 7.68. The molecule has 0 saturated heterocycles. The van der Waals surface area contributed by atoms with Crippen molar-refractivity contribution >= 4 is 29.3 Å². The first-order valence-corrected chi connectivity index (χ1v) is 9.57. The highest BCUT2D eigenvalue weighted by Crippen LogP contribution is 2.27. The fourth-order valence-corrected chi connectivity index (χ4v) is 3.46. The minimum atomic E-state index is -0.506. The first kappa shape index (κ1) is 19.6. The van der Waals surface area contributed by atoms with Crippen LogP contribution < -0.4 is 11.1 Å². The van der Waals surface area contributed by atoms with Crippen LogP contribution in [0.15, 0.2) is 53.7 Å². The second-order valence-electron chi connectivity index (χ2n) is 6.37. The van der Waals surface area contributed by atoms with Gasteiger partial charge in [-0.15, -0.1) is 10.2 Å². The molecule has 2 amide bonds. The lowest BCUT2D eigenvalue weighted by atomic mass is 10.1. The predicted octanol–water partition coefficient (Wildman–Crippen LogP) is 3.01. The van der Waals surface area contributed by atoms with Crippen molar-refractivity contribution in [3.05, 3.63) is 59.7 Å². The first-order valence-electron chi connectivity index (χ1n) is 8.69. The van der Waals surface area contributed by atoms with Gasteiger partial charge in [-0.05, 0) is 43.7 Å². The van der Waals surface area contributed by atoms with Crippen LogP contribution in [-0.4, -0.2) is 31.8 Å². The summed E-state index contributed by atoms with van der Waals surface area (Å²) in [7, 11) is 1.89. The maximum absolute atomic E-state index is 12.5. The molecule has 0 radical (unpaired) electrons. The Morgan fingerprint density at radius 3 is 2.43 bits per heavy atom. The molecule has 7 nitrogen and oxygen atoms in total. The summed E-state index contributed by atoms with van der Waals surface area (Å²) >= 11 is 1.33. The minimum Gasteiger partial charge on any atom is -0.366 e. The summed E-state index contributed by atoms with van der Waals surface area (Å²) in [6.07, 6.45) is 0. The van der Waals surface area contributed by atoms with E-state index < -0.39 is 5.91 Å². The van der Waals surface area contributed by atoms with Crippen LogP contribution in [-0.2, 0) is 11.8 Å². The summed E-state index contributed by atoms with van der Waals surface area (Å²) in [6, 6.07) is 14.4. The van der Waals surface area contributed by atoms with Crippen molar-refractivity contribution in [2.75, 3.05) is 5.32 Å². The third kappa shape index (κ3) is 4.23. The zero-order chi connectivity index (χ0) is 20.3. The van der Waals surface area contributed by atoms with Gasteiger partial charge in [0.1, 0.15) is 0 Å². The highest BCUT2D eigenvalue weighted by Gasteiger charge is 2.20. The van der Waals surface area contributed by atoms with Gasteiger partial charge >= 0.3 is 0 Å². The molecule has 3 aromatic rings. The van der Waals surface area contributed by atoms with E-state index in [0.29, 0.717) is 16.4 Å². The molecule has 28 heavy (non-hydrogen) atoms. The molecular weight excluding hydrogens is 374 g/mol. The average Bonchev–Trinajstić information content (AvgIpc) is 3.03. The zero-order valence-electron chi connectivity index (χ0n) is 15.8. The van der Waals surface area contributed by atoms with Crippen molar-refractivity contribution in [1.82, 2.24) is 14.8 Å². The zero-order valence-corrected chi connectivity index (χ0v) is 16.7. The van der Waals surface area contributed by atoms with E-state index in [2.05, 4.69) is 15.5 Å². The van der Waals surface area contributed by atoms with Crippen LogP contribution in [0.2, 0.25) is 0 Å². The highest BCUT2D eigenvalue weighted by molar-refractivity contribution is 8.00. The number of nitrogens with two attached hydrogens (primary N) is 1. The molecule has 1 heterocycles. The largest absolute Gasteiger partial charge is 0.366 e. The summed E-state index contributed by atoms with van der Waals surface area (Å²) < 4.78 is 1.89. The van der Waals surface area contributed by atoms with Crippen LogP contribution in [0, 0.1) is 6.92 Å². The standard InChI is InChI=1S/C20H21N5O2S/c1-12-6-4-5-7-16(12)18-23-24-20(25(18)3)28-13(2)19(27)22-15-10-8-14(9-11-15)17(21)26/h4-11,13H,1-3H3,(H2,21,26)(H,22,27)/t13-/m0/s1. The van der Waals surface area contributed by atoms with E-state index in [4.69, 9.17) is 5.73 Å². The molecule has 144 valence electrons. The maximum Gasteiger partial charge on any atom is 0.248 e. The lowest BCUT2D eigenvalue weighted by Crippen LogP contribution is -2.23. The number of aryl methyl sites for hydroxylation is 1. The van der Waals surface area contributed by atoms with Gasteiger partial charge in [-0.2, -0.15) is 0 Å². The van der Waals surface area contributed by atoms with Gasteiger partial charge in [0.05, 0.1) is 5.25 Å². The van der Waals surface area contributed by atoms with Gasteiger partial charge in [-0.3, -0.25) is 9.59 Å². The second kappa shape index (κ2) is 8.26. The number of anilines is 1. The van der Waals surface area contributed by atoms with E-state index in [9.17, 15) is 9.59 Å². The fourth-order valence-electron chi connectivity index (χ4n) is 2.65. The molecule has 0 aliphatic heterocycles. The molecule has 0 spiro atoms. The molecule has 1 aromatic heterocycles. The van der Waals surface area contributed by atoms with Crippen LogP contribution in [0.25, 0.3) is 11.4 Å². The Hall–Kier alpha value is -3.13. The number of carbonyl (C=O) groups is 2. The van der Waals surface area contributed by atoms with E-state index in [1.165, 1.54) is 11.8 Å². The summed E-state index contributed by atoms with van der Waals surface area (Å²) in [6.45, 7) is 3.83. The van der Waals surface area contributed by atoms with Crippen molar-refractivity contribution in [2.45, 2.75) is 24.3 Å². The Balaban J connectivity index is 1.69. The Labute approximate surface area is 167 Å². The topological polar surface area (TPSA) is 103 Å². The van der Waals surface area contributed by atoms with E-state index in [1.807, 2.05) is 42.8 Å². The van der Waals surface area contributed by atoms with Crippen LogP contribution >= 0.6 is 11.8 Å². The number of aromatic nitrogens is 3. The minimum absolute atomic E-state index is 0.169. The Morgan fingerprint density at radius 1 is 1.11 bits per heavy atom. The molecular formula is C20H21N5O2S. The molecule has 0 fully saturated rings. The van der Waals surface area contributed by atoms with Gasteiger partial charge in [0.2, 0.25) is 11.8 Å². The number of thioether (sulfide) groups is 1. The molecule has 0 bridgehead atoms. The summed E-state index contributed by atoms with van der Waals surface area (Å²) in [5.41, 5.74) is 8.33. The Kier molecular flexibility index (Phi) is 5.79. The molecule has 0 unspecified atom stereocenters. The molecule has 2 aromatic carbocycles. The molecule has 1 atom stereocenters. The van der Waals surface area contributed by atoms with E-state index >= 15 is 0 Å². The molecule has 0 aliphatic rings. The van der Waals surface area contributed by atoms with Crippen molar-refractivity contribution < 1.29 is 9.59 Å².